The van der Waals surface area contributed by atoms with Crippen LogP contribution >= 0.6 is 46.6 Å². The molecule has 0 aliphatic heterocycles. The number of hydrogen-bond acceptors (Lipinski definition) is 9. The lowest BCUT2D eigenvalue weighted by Gasteiger charge is -2.13. The molecule has 4 rings (SSSR count). The number of ether oxygens (including phenoxy) is 2. The summed E-state index contributed by atoms with van der Waals surface area (Å²) in [5.41, 5.74) is 1.32. The van der Waals surface area contributed by atoms with E-state index in [0.29, 0.717) is 33.8 Å². The van der Waals surface area contributed by atoms with Gasteiger partial charge in [0, 0.05) is 28.9 Å². The van der Waals surface area contributed by atoms with Crippen molar-refractivity contribution >= 4 is 51.9 Å². The molecule has 0 spiro atoms. The zero-order valence-electron chi connectivity index (χ0n) is 27.5. The minimum atomic E-state index is -0.607. The number of aromatic nitrogens is 4. The van der Waals surface area contributed by atoms with Gasteiger partial charge in [0.2, 0.25) is 5.89 Å². The Morgan fingerprint density at radius 3 is 2.26 bits per heavy atom. The van der Waals surface area contributed by atoms with Crippen LogP contribution in [0.3, 0.4) is 0 Å². The Bertz CT molecular complexity index is 1660. The Hall–Kier alpha value is -3.05. The summed E-state index contributed by atoms with van der Waals surface area (Å²) in [6.07, 6.45) is 7.13. The van der Waals surface area contributed by atoms with E-state index in [4.69, 9.17) is 48.7 Å². The van der Waals surface area contributed by atoms with Gasteiger partial charge in [-0.25, -0.2) is 9.59 Å². The third-order valence-electron chi connectivity index (χ3n) is 6.47. The Kier molecular flexibility index (Phi) is 15.1. The second-order valence-corrected chi connectivity index (χ2v) is 14.2. The average molecular weight is 724 g/mol. The molecule has 13 heteroatoms. The number of benzene rings is 2. The van der Waals surface area contributed by atoms with Crippen LogP contribution in [0, 0.1) is 0 Å². The first-order valence-corrected chi connectivity index (χ1v) is 17.6. The van der Waals surface area contributed by atoms with Gasteiger partial charge >= 0.3 is 11.1 Å². The lowest BCUT2D eigenvalue weighted by atomic mass is 9.97. The van der Waals surface area contributed by atoms with Crippen molar-refractivity contribution in [3.63, 3.8) is 0 Å². The number of unbranched alkanes of at least 4 members (excludes halogenated alkanes) is 5. The van der Waals surface area contributed by atoms with Gasteiger partial charge in [0.25, 0.3) is 0 Å². The molecular formula is C34H41Cl3N4O5S. The molecule has 0 saturated heterocycles. The molecule has 0 unspecified atom stereocenters. The molecule has 0 fully saturated rings. The van der Waals surface area contributed by atoms with E-state index in [9.17, 15) is 9.59 Å². The van der Waals surface area contributed by atoms with E-state index >= 15 is 0 Å². The van der Waals surface area contributed by atoms with Crippen molar-refractivity contribution in [3.8, 4) is 28.4 Å². The van der Waals surface area contributed by atoms with Crippen molar-refractivity contribution in [2.75, 3.05) is 5.75 Å². The van der Waals surface area contributed by atoms with Crippen molar-refractivity contribution in [1.29, 1.82) is 0 Å². The molecule has 2 aromatic carbocycles. The molecule has 0 N–H and O–H groups in total. The zero-order valence-corrected chi connectivity index (χ0v) is 30.6. The number of carbonyl (C=O) groups is 1. The molecule has 4 aromatic rings. The fourth-order valence-corrected chi connectivity index (χ4v) is 5.45. The minimum absolute atomic E-state index is 0.0642. The molecule has 0 radical (unpaired) electrons. The van der Waals surface area contributed by atoms with E-state index in [2.05, 4.69) is 22.2 Å². The molecule has 0 saturated carbocycles. The van der Waals surface area contributed by atoms with Gasteiger partial charge in [0.1, 0.15) is 11.4 Å². The van der Waals surface area contributed by atoms with Gasteiger partial charge in [-0.1, -0.05) is 125 Å². The summed E-state index contributed by atoms with van der Waals surface area (Å²) in [5, 5.41) is 12.7. The molecule has 0 amide bonds. The summed E-state index contributed by atoms with van der Waals surface area (Å²) in [4.78, 5) is 24.2. The van der Waals surface area contributed by atoms with Crippen LogP contribution in [0.2, 0.25) is 15.2 Å². The topological polar surface area (TPSA) is 109 Å². The summed E-state index contributed by atoms with van der Waals surface area (Å²) in [7, 11) is 0. The monoisotopic (exact) mass is 722 g/mol. The number of hydrogen-bond donors (Lipinski definition) is 0. The van der Waals surface area contributed by atoms with Crippen LogP contribution < -0.4 is 15.2 Å². The third kappa shape index (κ3) is 12.2. The summed E-state index contributed by atoms with van der Waals surface area (Å²) in [6, 6.07) is 14.1. The molecule has 0 aliphatic rings. The minimum Gasteiger partial charge on any atom is -0.489 e. The first-order chi connectivity index (χ1) is 22.3. The highest BCUT2D eigenvalue weighted by Crippen LogP contribution is 2.34. The molecule has 0 aliphatic carbocycles. The maximum Gasteiger partial charge on any atom is 0.442 e. The van der Waals surface area contributed by atoms with Gasteiger partial charge in [-0.15, -0.1) is 15.3 Å². The Labute approximate surface area is 295 Å². The fourth-order valence-electron chi connectivity index (χ4n) is 4.14. The van der Waals surface area contributed by atoms with Crippen molar-refractivity contribution in [3.05, 3.63) is 80.2 Å². The maximum atomic E-state index is 12.1. The lowest BCUT2D eigenvalue weighted by Crippen LogP contribution is -2.15. The first-order valence-electron chi connectivity index (χ1n) is 15.5. The number of carbonyl (C=O) groups excluding carboxylic acids is 1. The molecular weight excluding hydrogens is 683 g/mol. The van der Waals surface area contributed by atoms with E-state index in [1.54, 1.807) is 6.07 Å². The second-order valence-electron chi connectivity index (χ2n) is 11.9. The summed E-state index contributed by atoms with van der Waals surface area (Å²) < 4.78 is 17.4. The van der Waals surface area contributed by atoms with E-state index in [1.807, 2.05) is 65.0 Å². The van der Waals surface area contributed by atoms with Gasteiger partial charge in [-0.2, -0.15) is 4.68 Å². The second kappa shape index (κ2) is 18.5. The number of nitrogens with zero attached hydrogens (tertiary/aromatic N) is 4. The highest BCUT2D eigenvalue weighted by molar-refractivity contribution is 8.13. The molecule has 0 atom stereocenters. The Morgan fingerprint density at radius 1 is 0.936 bits per heavy atom. The average Bonchev–Trinajstić information content (AvgIpc) is 3.40. The first kappa shape index (κ1) is 38.4. The van der Waals surface area contributed by atoms with Crippen molar-refractivity contribution in [1.82, 2.24) is 20.0 Å². The van der Waals surface area contributed by atoms with Gasteiger partial charge in [-0.05, 0) is 38.1 Å². The van der Waals surface area contributed by atoms with Crippen LogP contribution in [0.5, 0.6) is 11.5 Å². The third-order valence-corrected chi connectivity index (χ3v) is 8.06. The smallest absolute Gasteiger partial charge is 0.442 e. The Morgan fingerprint density at radius 2 is 1.62 bits per heavy atom. The molecule has 0 bridgehead atoms. The summed E-state index contributed by atoms with van der Waals surface area (Å²) >= 11 is 19.4. The molecule has 254 valence electrons. The number of thioether (sulfide) groups is 1. The highest BCUT2D eigenvalue weighted by Gasteiger charge is 2.24. The quantitative estimate of drug-likeness (QED) is 0.104. The SMILES string of the molecule is CC(C)Oc1cc(-n2nc(C(C)(C)C)oc2=O)c(Cl)cc1Cl.CCCCCCCCSC(=O)Oc1cc(Cl)nnc1-c1ccccc1. The predicted octanol–water partition coefficient (Wildman–Crippen LogP) is 10.6. The summed E-state index contributed by atoms with van der Waals surface area (Å²) in [5.74, 6) is 1.26. The van der Waals surface area contributed by atoms with Gasteiger partial charge < -0.3 is 13.9 Å². The molecule has 47 heavy (non-hydrogen) atoms. The van der Waals surface area contributed by atoms with Crippen molar-refractivity contribution < 1.29 is 18.7 Å². The van der Waals surface area contributed by atoms with Crippen LogP contribution in [0.15, 0.2) is 57.7 Å². The highest BCUT2D eigenvalue weighted by atomic mass is 35.5. The Balaban J connectivity index is 0.000000257. The van der Waals surface area contributed by atoms with E-state index in [1.165, 1.54) is 49.6 Å². The lowest BCUT2D eigenvalue weighted by molar-refractivity contribution is 0.227. The van der Waals surface area contributed by atoms with E-state index in [0.717, 1.165) is 28.8 Å². The van der Waals surface area contributed by atoms with Crippen LogP contribution in [-0.2, 0) is 5.41 Å². The van der Waals surface area contributed by atoms with Crippen LogP contribution in [0.25, 0.3) is 16.9 Å². The number of rotatable bonds is 12. The van der Waals surface area contributed by atoms with E-state index < -0.39 is 5.76 Å². The largest absolute Gasteiger partial charge is 0.489 e. The summed E-state index contributed by atoms with van der Waals surface area (Å²) in [6.45, 7) is 11.7. The van der Waals surface area contributed by atoms with Crippen molar-refractivity contribution in [2.45, 2.75) is 91.6 Å². The van der Waals surface area contributed by atoms with Gasteiger partial charge in [-0.3, -0.25) is 0 Å². The predicted molar refractivity (Wildman–Crippen MR) is 191 cm³/mol. The van der Waals surface area contributed by atoms with Crippen LogP contribution in [0.1, 0.15) is 86.0 Å². The van der Waals surface area contributed by atoms with Gasteiger partial charge in [0.05, 0.1) is 21.8 Å². The standard InChI is InChI=1S/C19H23ClN2O2S.C15H18Cl2N2O3/c1-2-3-4-5-6-10-13-25-19(23)24-16-14-17(20)21-22-18(16)15-11-8-7-9-12-15;1-8(2)21-12-7-11(9(16)6-10(12)17)19-14(20)22-13(18-19)15(3,4)5/h7-9,11-12,14H,2-6,10,13H2,1H3;6-8H,1-5H3. The molecule has 2 aromatic heterocycles. The molecule has 2 heterocycles. The fraction of sp³-hybridized carbons (Fsp3) is 0.441. The normalized spacial score (nSPS) is 11.3. The van der Waals surface area contributed by atoms with Crippen LogP contribution in [0.4, 0.5) is 4.79 Å². The zero-order chi connectivity index (χ0) is 34.6. The number of halogens is 3. The van der Waals surface area contributed by atoms with Gasteiger partial charge in [0.15, 0.2) is 10.9 Å². The maximum absolute atomic E-state index is 12.1. The van der Waals surface area contributed by atoms with E-state index in [-0.39, 0.29) is 27.0 Å². The van der Waals surface area contributed by atoms with Crippen LogP contribution in [-0.4, -0.2) is 37.1 Å². The molecule has 9 nitrogen and oxygen atoms in total. The van der Waals surface area contributed by atoms with Crippen molar-refractivity contribution in [2.24, 2.45) is 0 Å².